The van der Waals surface area contributed by atoms with Crippen molar-refractivity contribution in [3.05, 3.63) is 24.3 Å². The van der Waals surface area contributed by atoms with Crippen molar-refractivity contribution in [2.75, 3.05) is 20.3 Å². The summed E-state index contributed by atoms with van der Waals surface area (Å²) in [6.07, 6.45) is 2.18. The molecule has 1 aromatic rings. The van der Waals surface area contributed by atoms with E-state index in [2.05, 4.69) is 5.32 Å². The van der Waals surface area contributed by atoms with Gasteiger partial charge in [0.1, 0.15) is 23.6 Å². The van der Waals surface area contributed by atoms with Gasteiger partial charge in [0.2, 0.25) is 0 Å². The highest BCUT2D eigenvalue weighted by molar-refractivity contribution is 5.80. The molecule has 0 saturated heterocycles. The molecule has 5 nitrogen and oxygen atoms in total. The molecule has 1 fully saturated rings. The summed E-state index contributed by atoms with van der Waals surface area (Å²) in [5.74, 6) is 1.11. The number of methoxy groups -OCH3 is 1. The van der Waals surface area contributed by atoms with E-state index in [1.807, 2.05) is 25.1 Å². The topological polar surface area (TPSA) is 56.8 Å². The number of benzene rings is 1. The van der Waals surface area contributed by atoms with E-state index in [4.69, 9.17) is 14.2 Å². The van der Waals surface area contributed by atoms with Crippen molar-refractivity contribution in [3.8, 4) is 11.5 Å². The van der Waals surface area contributed by atoms with Crippen LogP contribution in [-0.4, -0.2) is 37.9 Å². The van der Waals surface area contributed by atoms with Crippen LogP contribution in [0.25, 0.3) is 0 Å². The third-order valence-electron chi connectivity index (χ3n) is 3.39. The molecule has 0 aromatic heterocycles. The molecule has 0 amide bonds. The molecule has 1 aliphatic rings. The summed E-state index contributed by atoms with van der Waals surface area (Å²) in [5.41, 5.74) is -0.833. The van der Waals surface area contributed by atoms with Crippen molar-refractivity contribution in [2.24, 2.45) is 0 Å². The molecule has 116 valence electrons. The van der Waals surface area contributed by atoms with Crippen molar-refractivity contribution in [2.45, 2.75) is 38.3 Å². The van der Waals surface area contributed by atoms with Gasteiger partial charge in [-0.1, -0.05) is 6.07 Å². The minimum atomic E-state index is -0.833. The Morgan fingerprint density at radius 1 is 1.38 bits per heavy atom. The number of esters is 1. The normalized spacial score (nSPS) is 16.9. The Morgan fingerprint density at radius 2 is 2.10 bits per heavy atom. The molecule has 1 N–H and O–H groups in total. The first-order valence-electron chi connectivity index (χ1n) is 7.29. The van der Waals surface area contributed by atoms with Gasteiger partial charge in [0.25, 0.3) is 0 Å². The van der Waals surface area contributed by atoms with Gasteiger partial charge in [-0.3, -0.25) is 5.32 Å². The van der Waals surface area contributed by atoms with Crippen molar-refractivity contribution >= 4 is 5.97 Å². The van der Waals surface area contributed by atoms with Crippen molar-refractivity contribution in [3.63, 3.8) is 0 Å². The van der Waals surface area contributed by atoms with Crippen LogP contribution < -0.4 is 14.8 Å². The molecular formula is C16H23NO4. The lowest BCUT2D eigenvalue weighted by molar-refractivity contribution is -0.152. The maximum atomic E-state index is 12.2. The second-order valence-corrected chi connectivity index (χ2v) is 5.44. The lowest BCUT2D eigenvalue weighted by atomic mass is 10.0. The SMILES string of the molecule is CCOC(=O)C(C)(COc1cccc(OC)c1)NC1CC1. The number of carbonyl (C=O) groups excluding carboxylic acids is 1. The van der Waals surface area contributed by atoms with Crippen LogP contribution in [0.1, 0.15) is 26.7 Å². The first kappa shape index (κ1) is 15.6. The highest BCUT2D eigenvalue weighted by atomic mass is 16.5. The maximum Gasteiger partial charge on any atom is 0.329 e. The number of carbonyl (C=O) groups is 1. The van der Waals surface area contributed by atoms with E-state index >= 15 is 0 Å². The minimum Gasteiger partial charge on any atom is -0.497 e. The Balaban J connectivity index is 2.01. The van der Waals surface area contributed by atoms with E-state index in [-0.39, 0.29) is 12.6 Å². The van der Waals surface area contributed by atoms with E-state index in [9.17, 15) is 4.79 Å². The summed E-state index contributed by atoms with van der Waals surface area (Å²) in [4.78, 5) is 12.2. The fraction of sp³-hybridized carbons (Fsp3) is 0.562. The van der Waals surface area contributed by atoms with Crippen LogP contribution in [-0.2, 0) is 9.53 Å². The van der Waals surface area contributed by atoms with Crippen LogP contribution in [0.4, 0.5) is 0 Å². The molecule has 21 heavy (non-hydrogen) atoms. The van der Waals surface area contributed by atoms with Crippen LogP contribution in [0.15, 0.2) is 24.3 Å². The van der Waals surface area contributed by atoms with Crippen LogP contribution in [0.3, 0.4) is 0 Å². The standard InChI is InChI=1S/C16H23NO4/c1-4-20-15(18)16(2,17-12-8-9-12)11-21-14-7-5-6-13(10-14)19-3/h5-7,10,12,17H,4,8-9,11H2,1-3H3. The molecule has 5 heteroatoms. The van der Waals surface area contributed by atoms with E-state index in [0.717, 1.165) is 18.6 Å². The number of hydrogen-bond acceptors (Lipinski definition) is 5. The van der Waals surface area contributed by atoms with Crippen molar-refractivity contribution < 1.29 is 19.0 Å². The highest BCUT2D eigenvalue weighted by Gasteiger charge is 2.40. The molecule has 0 aliphatic heterocycles. The summed E-state index contributed by atoms with van der Waals surface area (Å²) in [7, 11) is 1.61. The molecule has 0 radical (unpaired) electrons. The lowest BCUT2D eigenvalue weighted by Gasteiger charge is -2.28. The molecule has 1 aliphatic carbocycles. The molecule has 1 unspecified atom stereocenters. The zero-order valence-corrected chi connectivity index (χ0v) is 12.8. The lowest BCUT2D eigenvalue weighted by Crippen LogP contribution is -2.55. The first-order valence-corrected chi connectivity index (χ1v) is 7.29. The Hall–Kier alpha value is -1.75. The summed E-state index contributed by atoms with van der Waals surface area (Å²) < 4.78 is 16.1. The number of hydrogen-bond donors (Lipinski definition) is 1. The van der Waals surface area contributed by atoms with Gasteiger partial charge in [0, 0.05) is 12.1 Å². The monoisotopic (exact) mass is 293 g/mol. The van der Waals surface area contributed by atoms with E-state index in [0.29, 0.717) is 18.4 Å². The van der Waals surface area contributed by atoms with Gasteiger partial charge in [-0.2, -0.15) is 0 Å². The van der Waals surface area contributed by atoms with Crippen LogP contribution in [0.5, 0.6) is 11.5 Å². The van der Waals surface area contributed by atoms with E-state index in [1.54, 1.807) is 20.1 Å². The summed E-state index contributed by atoms with van der Waals surface area (Å²) in [6, 6.07) is 7.71. The Labute approximate surface area is 125 Å². The largest absolute Gasteiger partial charge is 0.497 e. The van der Waals surface area contributed by atoms with Gasteiger partial charge < -0.3 is 14.2 Å². The van der Waals surface area contributed by atoms with Gasteiger partial charge in [-0.05, 0) is 38.8 Å². The second-order valence-electron chi connectivity index (χ2n) is 5.44. The summed E-state index contributed by atoms with van der Waals surface area (Å²) >= 11 is 0. The third kappa shape index (κ3) is 4.36. The number of nitrogens with one attached hydrogen (secondary N) is 1. The molecule has 1 atom stereocenters. The fourth-order valence-electron chi connectivity index (χ4n) is 2.05. The minimum absolute atomic E-state index is 0.218. The molecule has 0 heterocycles. The Morgan fingerprint density at radius 3 is 2.71 bits per heavy atom. The second kappa shape index (κ2) is 6.80. The van der Waals surface area contributed by atoms with E-state index < -0.39 is 5.54 Å². The number of ether oxygens (including phenoxy) is 3. The molecule has 1 aromatic carbocycles. The van der Waals surface area contributed by atoms with Crippen molar-refractivity contribution in [1.29, 1.82) is 0 Å². The van der Waals surface area contributed by atoms with Crippen LogP contribution in [0, 0.1) is 0 Å². The molecule has 2 rings (SSSR count). The maximum absolute atomic E-state index is 12.2. The van der Waals surface area contributed by atoms with E-state index in [1.165, 1.54) is 0 Å². The van der Waals surface area contributed by atoms with Gasteiger partial charge in [0.05, 0.1) is 13.7 Å². The smallest absolute Gasteiger partial charge is 0.329 e. The van der Waals surface area contributed by atoms with Crippen LogP contribution >= 0.6 is 0 Å². The Bertz CT molecular complexity index is 487. The zero-order valence-electron chi connectivity index (χ0n) is 12.8. The zero-order chi connectivity index (χ0) is 15.3. The fourth-order valence-corrected chi connectivity index (χ4v) is 2.05. The highest BCUT2D eigenvalue weighted by Crippen LogP contribution is 2.25. The Kier molecular flexibility index (Phi) is 5.07. The van der Waals surface area contributed by atoms with Gasteiger partial charge >= 0.3 is 5.97 Å². The van der Waals surface area contributed by atoms with Crippen molar-refractivity contribution in [1.82, 2.24) is 5.32 Å². The summed E-state index contributed by atoms with van der Waals surface area (Å²) in [6.45, 7) is 4.21. The molecular weight excluding hydrogens is 270 g/mol. The average molecular weight is 293 g/mol. The quantitative estimate of drug-likeness (QED) is 0.744. The van der Waals surface area contributed by atoms with Gasteiger partial charge in [-0.15, -0.1) is 0 Å². The molecule has 0 spiro atoms. The number of rotatable bonds is 8. The predicted octanol–water partition coefficient (Wildman–Crippen LogP) is 2.15. The molecule has 1 saturated carbocycles. The van der Waals surface area contributed by atoms with Gasteiger partial charge in [0.15, 0.2) is 0 Å². The average Bonchev–Trinajstić information content (AvgIpc) is 3.29. The predicted molar refractivity (Wildman–Crippen MR) is 79.7 cm³/mol. The third-order valence-corrected chi connectivity index (χ3v) is 3.39. The first-order chi connectivity index (χ1) is 10.1. The summed E-state index contributed by atoms with van der Waals surface area (Å²) in [5, 5.41) is 3.32. The molecule has 0 bridgehead atoms. The van der Waals surface area contributed by atoms with Gasteiger partial charge in [-0.25, -0.2) is 4.79 Å². The van der Waals surface area contributed by atoms with Crippen LogP contribution in [0.2, 0.25) is 0 Å².